The Bertz CT molecular complexity index is 1220. The van der Waals surface area contributed by atoms with E-state index >= 15 is 0 Å². The summed E-state index contributed by atoms with van der Waals surface area (Å²) in [5.41, 5.74) is 0.701. The van der Waals surface area contributed by atoms with Crippen LogP contribution in [0, 0.1) is 5.82 Å². The topological polar surface area (TPSA) is 79.8 Å². The molecule has 2 heterocycles. The van der Waals surface area contributed by atoms with Gasteiger partial charge in [0.2, 0.25) is 0 Å². The predicted octanol–water partition coefficient (Wildman–Crippen LogP) is 3.21. The van der Waals surface area contributed by atoms with E-state index in [4.69, 9.17) is 4.74 Å². The first-order chi connectivity index (χ1) is 15.4. The van der Waals surface area contributed by atoms with Gasteiger partial charge in [0.1, 0.15) is 5.82 Å². The molecule has 1 fully saturated rings. The van der Waals surface area contributed by atoms with E-state index in [1.807, 2.05) is 0 Å². The molecule has 0 aliphatic carbocycles. The molecule has 0 bridgehead atoms. The van der Waals surface area contributed by atoms with Gasteiger partial charge in [-0.15, -0.1) is 0 Å². The van der Waals surface area contributed by atoms with E-state index in [2.05, 4.69) is 9.88 Å². The summed E-state index contributed by atoms with van der Waals surface area (Å²) in [5, 5.41) is 0.410. The predicted molar refractivity (Wildman–Crippen MR) is 123 cm³/mol. The van der Waals surface area contributed by atoms with Crippen molar-refractivity contribution in [2.75, 3.05) is 50.0 Å². The molecular formula is C22H24FN3O4S2. The van der Waals surface area contributed by atoms with Crippen molar-refractivity contribution in [3.8, 4) is 0 Å². The zero-order valence-corrected chi connectivity index (χ0v) is 19.3. The molecule has 7 nitrogen and oxygen atoms in total. The first kappa shape index (κ1) is 22.8. The maximum atomic E-state index is 13.7. The Morgan fingerprint density at radius 3 is 2.72 bits per heavy atom. The van der Waals surface area contributed by atoms with E-state index in [9.17, 15) is 17.6 Å². The fourth-order valence-electron chi connectivity index (χ4n) is 3.57. The summed E-state index contributed by atoms with van der Waals surface area (Å²) in [4.78, 5) is 21.9. The minimum absolute atomic E-state index is 0.0102. The van der Waals surface area contributed by atoms with Gasteiger partial charge >= 0.3 is 0 Å². The summed E-state index contributed by atoms with van der Waals surface area (Å²) in [6, 6.07) is 10.5. The van der Waals surface area contributed by atoms with Gasteiger partial charge in [-0.05, 0) is 30.3 Å². The van der Waals surface area contributed by atoms with Crippen LogP contribution < -0.4 is 4.90 Å². The van der Waals surface area contributed by atoms with Crippen LogP contribution in [0.25, 0.3) is 10.2 Å². The molecule has 170 valence electrons. The first-order valence-corrected chi connectivity index (χ1v) is 12.9. The molecule has 1 saturated heterocycles. The lowest BCUT2D eigenvalue weighted by molar-refractivity contribution is 0.0391. The van der Waals surface area contributed by atoms with Crippen molar-refractivity contribution in [3.05, 3.63) is 53.8 Å². The minimum atomic E-state index is -3.60. The minimum Gasteiger partial charge on any atom is -0.379 e. The lowest BCUT2D eigenvalue weighted by atomic mass is 10.2. The number of hydrogen-bond donors (Lipinski definition) is 0. The number of halogens is 1. The second kappa shape index (κ2) is 9.62. The molecule has 0 radical (unpaired) electrons. The van der Waals surface area contributed by atoms with Gasteiger partial charge in [0.05, 0.1) is 39.6 Å². The fraction of sp³-hybridized carbons (Fsp3) is 0.364. The highest BCUT2D eigenvalue weighted by Crippen LogP contribution is 2.31. The van der Waals surface area contributed by atoms with Gasteiger partial charge in [0.15, 0.2) is 15.0 Å². The van der Waals surface area contributed by atoms with Crippen LogP contribution >= 0.6 is 11.3 Å². The van der Waals surface area contributed by atoms with E-state index in [0.29, 0.717) is 41.7 Å². The second-order valence-corrected chi connectivity index (χ2v) is 10.7. The van der Waals surface area contributed by atoms with Crippen molar-refractivity contribution < 1.29 is 22.3 Å². The van der Waals surface area contributed by atoms with Crippen LogP contribution in [0.4, 0.5) is 9.52 Å². The molecule has 2 aromatic carbocycles. The van der Waals surface area contributed by atoms with E-state index < -0.39 is 15.7 Å². The molecule has 0 spiro atoms. The van der Waals surface area contributed by atoms with Crippen LogP contribution in [0.15, 0.2) is 47.4 Å². The number of sulfone groups is 1. The number of benzene rings is 2. The molecule has 32 heavy (non-hydrogen) atoms. The summed E-state index contributed by atoms with van der Waals surface area (Å²) >= 11 is 1.21. The summed E-state index contributed by atoms with van der Waals surface area (Å²) in [6.45, 7) is 5.23. The van der Waals surface area contributed by atoms with Gasteiger partial charge in [0.25, 0.3) is 5.91 Å². The van der Waals surface area contributed by atoms with Gasteiger partial charge < -0.3 is 4.74 Å². The van der Waals surface area contributed by atoms with Crippen LogP contribution in [0.1, 0.15) is 17.3 Å². The Labute approximate surface area is 190 Å². The number of morpholine rings is 1. The van der Waals surface area contributed by atoms with E-state index in [1.54, 1.807) is 25.1 Å². The maximum Gasteiger partial charge on any atom is 0.261 e. The molecule has 10 heteroatoms. The Kier molecular flexibility index (Phi) is 6.85. The lowest BCUT2D eigenvalue weighted by Gasteiger charge is -2.29. The summed E-state index contributed by atoms with van der Waals surface area (Å²) in [6.07, 6.45) is 0. The van der Waals surface area contributed by atoms with Crippen molar-refractivity contribution in [2.45, 2.75) is 11.8 Å². The largest absolute Gasteiger partial charge is 0.379 e. The van der Waals surface area contributed by atoms with Gasteiger partial charge in [-0.3, -0.25) is 14.6 Å². The zero-order valence-electron chi connectivity index (χ0n) is 17.7. The molecule has 0 unspecified atom stereocenters. The smallest absolute Gasteiger partial charge is 0.261 e. The zero-order chi connectivity index (χ0) is 22.7. The second-order valence-electron chi connectivity index (χ2n) is 7.42. The van der Waals surface area contributed by atoms with Crippen molar-refractivity contribution in [1.29, 1.82) is 0 Å². The van der Waals surface area contributed by atoms with Crippen molar-refractivity contribution in [3.63, 3.8) is 0 Å². The summed E-state index contributed by atoms with van der Waals surface area (Å²) in [5.74, 6) is -0.922. The van der Waals surface area contributed by atoms with Gasteiger partial charge in [-0.2, -0.15) is 0 Å². The lowest BCUT2D eigenvalue weighted by Crippen LogP contribution is -2.43. The van der Waals surface area contributed by atoms with Crippen molar-refractivity contribution >= 4 is 42.4 Å². The van der Waals surface area contributed by atoms with Crippen LogP contribution in [0.3, 0.4) is 0 Å². The maximum absolute atomic E-state index is 13.7. The molecule has 1 amide bonds. The average molecular weight is 478 g/mol. The fourth-order valence-corrected chi connectivity index (χ4v) is 5.67. The third-order valence-corrected chi connectivity index (χ3v) is 8.22. The Hall–Kier alpha value is -2.40. The highest BCUT2D eigenvalue weighted by Gasteiger charge is 2.27. The summed E-state index contributed by atoms with van der Waals surface area (Å²) in [7, 11) is -3.60. The molecule has 0 N–H and O–H groups in total. The number of amides is 1. The quantitative estimate of drug-likeness (QED) is 0.520. The molecule has 1 aliphatic rings. The standard InChI is InChI=1S/C22H24FN3O4S2/c1-2-32(28,29)20-6-4-3-5-17(20)21(27)26(10-9-25-11-13-30-14-12-25)22-24-18-8-7-16(23)15-19(18)31-22/h3-8,15H,2,9-14H2,1H3. The number of fused-ring (bicyclic) bond motifs is 1. The third-order valence-electron chi connectivity index (χ3n) is 5.39. The number of aromatic nitrogens is 1. The number of nitrogens with zero attached hydrogens (tertiary/aromatic N) is 3. The summed E-state index contributed by atoms with van der Waals surface area (Å²) < 4.78 is 45.0. The number of anilines is 1. The highest BCUT2D eigenvalue weighted by molar-refractivity contribution is 7.91. The van der Waals surface area contributed by atoms with E-state index in [1.165, 1.54) is 40.5 Å². The Balaban J connectivity index is 1.72. The number of thiazole rings is 1. The number of carbonyl (C=O) groups excluding carboxylic acids is 1. The molecular weight excluding hydrogens is 453 g/mol. The highest BCUT2D eigenvalue weighted by atomic mass is 32.2. The van der Waals surface area contributed by atoms with Crippen LogP contribution in [-0.4, -0.2) is 69.4 Å². The Morgan fingerprint density at radius 1 is 1.22 bits per heavy atom. The molecule has 1 aromatic heterocycles. The van der Waals surface area contributed by atoms with Crippen LogP contribution in [0.5, 0.6) is 0 Å². The molecule has 4 rings (SSSR count). The van der Waals surface area contributed by atoms with Gasteiger partial charge in [0, 0.05) is 26.2 Å². The van der Waals surface area contributed by atoms with Crippen molar-refractivity contribution in [1.82, 2.24) is 9.88 Å². The SMILES string of the molecule is CCS(=O)(=O)c1ccccc1C(=O)N(CCN1CCOCC1)c1nc2ccc(F)cc2s1. The monoisotopic (exact) mass is 477 g/mol. The van der Waals surface area contributed by atoms with Crippen LogP contribution in [-0.2, 0) is 14.6 Å². The molecule has 0 atom stereocenters. The number of carbonyl (C=O) groups is 1. The Morgan fingerprint density at radius 2 is 1.97 bits per heavy atom. The van der Waals surface area contributed by atoms with Crippen molar-refractivity contribution in [2.24, 2.45) is 0 Å². The first-order valence-electron chi connectivity index (χ1n) is 10.4. The average Bonchev–Trinajstić information content (AvgIpc) is 3.22. The van der Waals surface area contributed by atoms with E-state index in [-0.39, 0.29) is 22.0 Å². The third kappa shape index (κ3) is 4.83. The molecule has 1 aliphatic heterocycles. The number of ether oxygens (including phenoxy) is 1. The molecule has 3 aromatic rings. The number of hydrogen-bond acceptors (Lipinski definition) is 7. The molecule has 0 saturated carbocycles. The van der Waals surface area contributed by atoms with Gasteiger partial charge in [-0.25, -0.2) is 17.8 Å². The van der Waals surface area contributed by atoms with E-state index in [0.717, 1.165) is 13.1 Å². The van der Waals surface area contributed by atoms with Crippen LogP contribution in [0.2, 0.25) is 0 Å². The van der Waals surface area contributed by atoms with Gasteiger partial charge in [-0.1, -0.05) is 30.4 Å². The number of rotatable bonds is 7. The normalized spacial score (nSPS) is 15.2.